The van der Waals surface area contributed by atoms with E-state index in [0.29, 0.717) is 5.75 Å². The summed E-state index contributed by atoms with van der Waals surface area (Å²) in [6.07, 6.45) is 0. The zero-order valence-electron chi connectivity index (χ0n) is 16.6. The predicted octanol–water partition coefficient (Wildman–Crippen LogP) is 4.30. The molecule has 0 aromatic heterocycles. The number of carbonyl (C=O) groups excluding carboxylic acids is 2. The minimum Gasteiger partial charge on any atom is -0.482 e. The van der Waals surface area contributed by atoms with E-state index in [4.69, 9.17) is 9.47 Å². The molecule has 0 atom stereocenters. The Bertz CT molecular complexity index is 827. The maximum atomic E-state index is 12.2. The minimum atomic E-state index is -0.583. The summed E-state index contributed by atoms with van der Waals surface area (Å²) in [6, 6.07) is 11.5. The van der Waals surface area contributed by atoms with E-state index >= 15 is 0 Å². The number of amides is 1. The Labute approximate surface area is 160 Å². The number of carbonyl (C=O) groups is 2. The van der Waals surface area contributed by atoms with Crippen LogP contribution in [-0.4, -0.2) is 25.1 Å². The molecule has 5 nitrogen and oxygen atoms in total. The van der Waals surface area contributed by atoms with Gasteiger partial charge in [0.05, 0.1) is 0 Å². The van der Waals surface area contributed by atoms with Gasteiger partial charge < -0.3 is 14.8 Å². The van der Waals surface area contributed by atoms with E-state index < -0.39 is 5.97 Å². The lowest BCUT2D eigenvalue weighted by molar-refractivity contribution is -0.149. The number of aryl methyl sites for hydroxylation is 2. The standard InChI is InChI=1S/C22H27NO4/c1-14(2)18-10-6-9-16(4)22(18)23-20(24)12-27-21(25)13-26-19-11-7-8-15(3)17(19)5/h6-11,14H,12-13H2,1-5H3,(H,23,24). The molecule has 0 aliphatic carbocycles. The van der Waals surface area contributed by atoms with Gasteiger partial charge in [0.1, 0.15) is 5.75 Å². The van der Waals surface area contributed by atoms with Gasteiger partial charge >= 0.3 is 5.97 Å². The Morgan fingerprint density at radius 1 is 0.963 bits per heavy atom. The Kier molecular flexibility index (Phi) is 6.99. The van der Waals surface area contributed by atoms with Crippen LogP contribution in [-0.2, 0) is 14.3 Å². The number of hydrogen-bond donors (Lipinski definition) is 1. The largest absolute Gasteiger partial charge is 0.482 e. The van der Waals surface area contributed by atoms with Crippen molar-refractivity contribution in [3.63, 3.8) is 0 Å². The zero-order valence-corrected chi connectivity index (χ0v) is 16.6. The molecule has 0 spiro atoms. The summed E-state index contributed by atoms with van der Waals surface area (Å²) >= 11 is 0. The third kappa shape index (κ3) is 5.58. The number of hydrogen-bond acceptors (Lipinski definition) is 4. The highest BCUT2D eigenvalue weighted by Gasteiger charge is 2.14. The van der Waals surface area contributed by atoms with Gasteiger partial charge in [0.25, 0.3) is 5.91 Å². The second kappa shape index (κ2) is 9.21. The number of esters is 1. The van der Waals surface area contributed by atoms with E-state index in [2.05, 4.69) is 19.2 Å². The number of anilines is 1. The SMILES string of the molecule is Cc1cccc(OCC(=O)OCC(=O)Nc2c(C)cccc2C(C)C)c1C. The molecule has 1 N–H and O–H groups in total. The van der Waals surface area contributed by atoms with Gasteiger partial charge in [-0.1, -0.05) is 44.2 Å². The summed E-state index contributed by atoms with van der Waals surface area (Å²) in [6.45, 7) is 9.38. The van der Waals surface area contributed by atoms with Crippen molar-refractivity contribution in [2.45, 2.75) is 40.5 Å². The summed E-state index contributed by atoms with van der Waals surface area (Å²) in [7, 11) is 0. The number of ether oxygens (including phenoxy) is 2. The Morgan fingerprint density at radius 3 is 2.33 bits per heavy atom. The van der Waals surface area contributed by atoms with E-state index in [9.17, 15) is 9.59 Å². The zero-order chi connectivity index (χ0) is 20.0. The third-order valence-corrected chi connectivity index (χ3v) is 4.46. The summed E-state index contributed by atoms with van der Waals surface area (Å²) < 4.78 is 10.5. The molecule has 2 aromatic carbocycles. The molecule has 0 aliphatic heterocycles. The molecule has 0 heterocycles. The van der Waals surface area contributed by atoms with Gasteiger partial charge in [-0.15, -0.1) is 0 Å². The third-order valence-electron chi connectivity index (χ3n) is 4.46. The van der Waals surface area contributed by atoms with Crippen molar-refractivity contribution in [2.24, 2.45) is 0 Å². The van der Waals surface area contributed by atoms with Gasteiger partial charge in [-0.25, -0.2) is 4.79 Å². The molecule has 5 heteroatoms. The fourth-order valence-electron chi connectivity index (χ4n) is 2.72. The lowest BCUT2D eigenvalue weighted by atomic mass is 9.98. The highest BCUT2D eigenvalue weighted by Crippen LogP contribution is 2.27. The second-order valence-corrected chi connectivity index (χ2v) is 6.89. The van der Waals surface area contributed by atoms with Crippen molar-refractivity contribution in [3.05, 3.63) is 58.7 Å². The molecule has 0 bridgehead atoms. The Balaban J connectivity index is 1.87. The van der Waals surface area contributed by atoms with Crippen LogP contribution in [0, 0.1) is 20.8 Å². The van der Waals surface area contributed by atoms with E-state index in [0.717, 1.165) is 27.9 Å². The lowest BCUT2D eigenvalue weighted by Crippen LogP contribution is -2.24. The topological polar surface area (TPSA) is 64.6 Å². The highest BCUT2D eigenvalue weighted by atomic mass is 16.6. The van der Waals surface area contributed by atoms with Crippen molar-refractivity contribution < 1.29 is 19.1 Å². The molecule has 0 fully saturated rings. The smallest absolute Gasteiger partial charge is 0.344 e. The van der Waals surface area contributed by atoms with E-state index in [1.165, 1.54) is 0 Å². The first kappa shape index (κ1) is 20.5. The van der Waals surface area contributed by atoms with Crippen LogP contribution in [0.25, 0.3) is 0 Å². The fraction of sp³-hybridized carbons (Fsp3) is 0.364. The monoisotopic (exact) mass is 369 g/mol. The van der Waals surface area contributed by atoms with Crippen LogP contribution in [0.15, 0.2) is 36.4 Å². The summed E-state index contributed by atoms with van der Waals surface area (Å²) in [5, 5.41) is 2.85. The summed E-state index contributed by atoms with van der Waals surface area (Å²) in [4.78, 5) is 24.1. The maximum absolute atomic E-state index is 12.2. The summed E-state index contributed by atoms with van der Waals surface area (Å²) in [5.41, 5.74) is 4.86. The Morgan fingerprint density at radius 2 is 1.63 bits per heavy atom. The molecule has 0 radical (unpaired) electrons. The first-order valence-electron chi connectivity index (χ1n) is 9.03. The van der Waals surface area contributed by atoms with Crippen molar-refractivity contribution >= 4 is 17.6 Å². The van der Waals surface area contributed by atoms with Crippen LogP contribution in [0.4, 0.5) is 5.69 Å². The minimum absolute atomic E-state index is 0.237. The fourth-order valence-corrected chi connectivity index (χ4v) is 2.72. The molecule has 0 saturated heterocycles. The lowest BCUT2D eigenvalue weighted by Gasteiger charge is -2.16. The normalized spacial score (nSPS) is 10.6. The molecule has 2 aromatic rings. The van der Waals surface area contributed by atoms with Gasteiger partial charge in [-0.3, -0.25) is 4.79 Å². The van der Waals surface area contributed by atoms with Crippen LogP contribution in [0.1, 0.15) is 42.0 Å². The van der Waals surface area contributed by atoms with Gasteiger partial charge in [-0.2, -0.15) is 0 Å². The van der Waals surface area contributed by atoms with Crippen molar-refractivity contribution in [1.29, 1.82) is 0 Å². The average Bonchev–Trinajstić information content (AvgIpc) is 2.62. The molecular formula is C22H27NO4. The van der Waals surface area contributed by atoms with E-state index in [1.54, 1.807) is 6.07 Å². The maximum Gasteiger partial charge on any atom is 0.344 e. The predicted molar refractivity (Wildman–Crippen MR) is 106 cm³/mol. The number of rotatable bonds is 7. The number of para-hydroxylation sites is 1. The Hall–Kier alpha value is -2.82. The number of nitrogens with one attached hydrogen (secondary N) is 1. The van der Waals surface area contributed by atoms with E-state index in [1.807, 2.05) is 51.1 Å². The van der Waals surface area contributed by atoms with Crippen molar-refractivity contribution in [3.8, 4) is 5.75 Å². The molecule has 0 aliphatic rings. The molecular weight excluding hydrogens is 342 g/mol. The van der Waals surface area contributed by atoms with Crippen LogP contribution in [0.3, 0.4) is 0 Å². The van der Waals surface area contributed by atoms with Crippen molar-refractivity contribution in [1.82, 2.24) is 0 Å². The molecule has 2 rings (SSSR count). The molecule has 0 unspecified atom stereocenters. The summed E-state index contributed by atoms with van der Waals surface area (Å²) in [5.74, 6) is -0.0437. The molecule has 0 saturated carbocycles. The molecule has 144 valence electrons. The first-order chi connectivity index (χ1) is 12.8. The highest BCUT2D eigenvalue weighted by molar-refractivity contribution is 5.94. The van der Waals surface area contributed by atoms with Crippen molar-refractivity contribution in [2.75, 3.05) is 18.5 Å². The van der Waals surface area contributed by atoms with Crippen LogP contribution < -0.4 is 10.1 Å². The van der Waals surface area contributed by atoms with Gasteiger partial charge in [0, 0.05) is 5.69 Å². The van der Waals surface area contributed by atoms with Crippen LogP contribution in [0.2, 0.25) is 0 Å². The number of benzene rings is 2. The molecule has 1 amide bonds. The average molecular weight is 369 g/mol. The van der Waals surface area contributed by atoms with Crippen LogP contribution in [0.5, 0.6) is 5.75 Å². The van der Waals surface area contributed by atoms with Gasteiger partial charge in [0.15, 0.2) is 13.2 Å². The van der Waals surface area contributed by atoms with Gasteiger partial charge in [-0.05, 0) is 55.0 Å². The van der Waals surface area contributed by atoms with Crippen LogP contribution >= 0.6 is 0 Å². The van der Waals surface area contributed by atoms with Gasteiger partial charge in [0.2, 0.25) is 0 Å². The molecule has 27 heavy (non-hydrogen) atoms. The first-order valence-corrected chi connectivity index (χ1v) is 9.03. The second-order valence-electron chi connectivity index (χ2n) is 6.89. The van der Waals surface area contributed by atoms with E-state index in [-0.39, 0.29) is 25.0 Å². The quantitative estimate of drug-likeness (QED) is 0.739.